The maximum atomic E-state index is 12.9. The lowest BCUT2D eigenvalue weighted by molar-refractivity contribution is 0.0952. The van der Waals surface area contributed by atoms with Gasteiger partial charge in [0.05, 0.1) is 10.3 Å². The van der Waals surface area contributed by atoms with E-state index in [1.165, 1.54) is 11.3 Å². The molecule has 6 nitrogen and oxygen atoms in total. The van der Waals surface area contributed by atoms with E-state index in [9.17, 15) is 9.59 Å². The van der Waals surface area contributed by atoms with Crippen LogP contribution in [0.15, 0.2) is 4.79 Å². The van der Waals surface area contributed by atoms with E-state index in [4.69, 9.17) is 4.98 Å². The number of fused-ring (bicyclic) bond motifs is 2. The molecule has 0 radical (unpaired) electrons. The Morgan fingerprint density at radius 3 is 2.67 bits per heavy atom. The Labute approximate surface area is 164 Å². The third-order valence-electron chi connectivity index (χ3n) is 5.16. The number of rotatable bonds is 8. The molecule has 0 saturated carbocycles. The Kier molecular flexibility index (Phi) is 6.65. The fourth-order valence-corrected chi connectivity index (χ4v) is 4.93. The Morgan fingerprint density at radius 2 is 1.96 bits per heavy atom. The van der Waals surface area contributed by atoms with Gasteiger partial charge in [-0.3, -0.25) is 14.2 Å². The number of aromatic nitrogens is 2. The van der Waals surface area contributed by atoms with Gasteiger partial charge < -0.3 is 10.2 Å². The molecule has 0 spiro atoms. The zero-order valence-corrected chi connectivity index (χ0v) is 17.5. The van der Waals surface area contributed by atoms with Crippen LogP contribution in [-0.2, 0) is 13.0 Å². The van der Waals surface area contributed by atoms with Gasteiger partial charge in [-0.2, -0.15) is 0 Å². The van der Waals surface area contributed by atoms with Crippen molar-refractivity contribution in [2.24, 2.45) is 0 Å². The summed E-state index contributed by atoms with van der Waals surface area (Å²) in [5.74, 6) is 0.771. The van der Waals surface area contributed by atoms with Gasteiger partial charge in [-0.1, -0.05) is 13.8 Å². The molecule has 1 aliphatic heterocycles. The second-order valence-corrected chi connectivity index (χ2v) is 8.27. The van der Waals surface area contributed by atoms with Crippen molar-refractivity contribution in [2.75, 3.05) is 26.2 Å². The van der Waals surface area contributed by atoms with Crippen LogP contribution in [0.4, 0.5) is 0 Å². The second-order valence-electron chi connectivity index (χ2n) is 7.28. The van der Waals surface area contributed by atoms with Crippen LogP contribution in [0.5, 0.6) is 0 Å². The van der Waals surface area contributed by atoms with Crippen LogP contribution in [-0.4, -0.2) is 46.5 Å². The average Bonchev–Trinajstić information content (AvgIpc) is 2.99. The largest absolute Gasteiger partial charge is 0.350 e. The van der Waals surface area contributed by atoms with Crippen molar-refractivity contribution < 1.29 is 4.79 Å². The van der Waals surface area contributed by atoms with Crippen molar-refractivity contribution in [3.8, 4) is 0 Å². The summed E-state index contributed by atoms with van der Waals surface area (Å²) in [4.78, 5) is 34.0. The van der Waals surface area contributed by atoms with Crippen LogP contribution in [0, 0.1) is 6.92 Å². The number of carbonyl (C=O) groups is 1. The van der Waals surface area contributed by atoms with Crippen LogP contribution in [0.2, 0.25) is 0 Å². The molecule has 0 unspecified atom stereocenters. The lowest BCUT2D eigenvalue weighted by atomic mass is 10.1. The lowest BCUT2D eigenvalue weighted by Gasteiger charge is -2.20. The minimum absolute atomic E-state index is 0.0135. The highest BCUT2D eigenvalue weighted by molar-refractivity contribution is 7.20. The molecule has 0 aliphatic carbocycles. The SMILES string of the molecule is CCCN(CCC)CCNC(=O)c1sc2nc3n(c(=O)c2c1C)CCCC3. The summed E-state index contributed by atoms with van der Waals surface area (Å²) in [6.45, 7) is 10.5. The normalized spacial score (nSPS) is 13.9. The number of hydrogen-bond donors (Lipinski definition) is 1. The highest BCUT2D eigenvalue weighted by Crippen LogP contribution is 2.28. The van der Waals surface area contributed by atoms with E-state index < -0.39 is 0 Å². The molecule has 1 amide bonds. The van der Waals surface area contributed by atoms with E-state index in [0.717, 1.165) is 69.7 Å². The summed E-state index contributed by atoms with van der Waals surface area (Å²) in [6.07, 6.45) is 5.16. The first-order chi connectivity index (χ1) is 13.1. The molecule has 2 aromatic heterocycles. The zero-order valence-electron chi connectivity index (χ0n) is 16.6. The van der Waals surface area contributed by atoms with Gasteiger partial charge in [-0.05, 0) is 51.3 Å². The van der Waals surface area contributed by atoms with Crippen molar-refractivity contribution in [1.82, 2.24) is 19.8 Å². The van der Waals surface area contributed by atoms with Crippen LogP contribution < -0.4 is 10.9 Å². The Balaban J connectivity index is 1.76. The third kappa shape index (κ3) is 4.24. The van der Waals surface area contributed by atoms with Gasteiger partial charge in [0, 0.05) is 26.1 Å². The molecule has 7 heteroatoms. The monoisotopic (exact) mass is 390 g/mol. The number of hydrogen-bond acceptors (Lipinski definition) is 5. The topological polar surface area (TPSA) is 67.2 Å². The lowest BCUT2D eigenvalue weighted by Crippen LogP contribution is -2.35. The quantitative estimate of drug-likeness (QED) is 0.752. The molecule has 0 saturated heterocycles. The van der Waals surface area contributed by atoms with E-state index in [0.29, 0.717) is 21.6 Å². The fraction of sp³-hybridized carbons (Fsp3) is 0.650. The molecule has 0 bridgehead atoms. The Hall–Kier alpha value is -1.73. The van der Waals surface area contributed by atoms with Gasteiger partial charge in [-0.25, -0.2) is 4.98 Å². The number of aryl methyl sites for hydroxylation is 2. The first-order valence-corrected chi connectivity index (χ1v) is 10.9. The van der Waals surface area contributed by atoms with Gasteiger partial charge in [0.15, 0.2) is 0 Å². The van der Waals surface area contributed by atoms with Gasteiger partial charge >= 0.3 is 0 Å². The molecule has 148 valence electrons. The summed E-state index contributed by atoms with van der Waals surface area (Å²) in [6, 6.07) is 0. The molecule has 0 atom stereocenters. The molecule has 3 heterocycles. The minimum atomic E-state index is -0.0918. The van der Waals surface area contributed by atoms with E-state index in [1.54, 1.807) is 4.57 Å². The third-order valence-corrected chi connectivity index (χ3v) is 6.35. The van der Waals surface area contributed by atoms with Crippen molar-refractivity contribution in [3.05, 3.63) is 26.6 Å². The highest BCUT2D eigenvalue weighted by Gasteiger charge is 2.22. The molecular weight excluding hydrogens is 360 g/mol. The second kappa shape index (κ2) is 8.97. The van der Waals surface area contributed by atoms with Crippen LogP contribution in [0.25, 0.3) is 10.2 Å². The first-order valence-electron chi connectivity index (χ1n) is 10.1. The number of thiophene rings is 1. The number of amides is 1. The molecular formula is C20H30N4O2S. The summed E-state index contributed by atoms with van der Waals surface area (Å²) < 4.78 is 1.79. The van der Waals surface area contributed by atoms with Crippen LogP contribution in [0.1, 0.15) is 60.6 Å². The molecule has 27 heavy (non-hydrogen) atoms. The number of carbonyl (C=O) groups excluding carboxylic acids is 1. The smallest absolute Gasteiger partial charge is 0.262 e. The highest BCUT2D eigenvalue weighted by atomic mass is 32.1. The predicted molar refractivity (Wildman–Crippen MR) is 111 cm³/mol. The molecule has 3 rings (SSSR count). The predicted octanol–water partition coefficient (Wildman–Crippen LogP) is 2.95. The van der Waals surface area contributed by atoms with E-state index in [2.05, 4.69) is 24.1 Å². The van der Waals surface area contributed by atoms with E-state index >= 15 is 0 Å². The maximum Gasteiger partial charge on any atom is 0.262 e. The van der Waals surface area contributed by atoms with Crippen molar-refractivity contribution in [1.29, 1.82) is 0 Å². The summed E-state index contributed by atoms with van der Waals surface area (Å²) in [5.41, 5.74) is 0.782. The van der Waals surface area contributed by atoms with E-state index in [-0.39, 0.29) is 11.5 Å². The molecule has 0 fully saturated rings. The van der Waals surface area contributed by atoms with Crippen molar-refractivity contribution in [2.45, 2.75) is 59.4 Å². The Bertz CT molecular complexity index is 865. The summed E-state index contributed by atoms with van der Waals surface area (Å²) >= 11 is 1.35. The minimum Gasteiger partial charge on any atom is -0.350 e. The van der Waals surface area contributed by atoms with Gasteiger partial charge in [0.2, 0.25) is 0 Å². The van der Waals surface area contributed by atoms with Gasteiger partial charge in [0.1, 0.15) is 10.7 Å². The van der Waals surface area contributed by atoms with Crippen molar-refractivity contribution >= 4 is 27.5 Å². The molecule has 1 N–H and O–H groups in total. The standard InChI is InChI=1S/C20H30N4O2S/c1-4-10-23(11-5-2)13-9-21-18(25)17-14(3)16-19(27-17)22-15-8-6-7-12-24(15)20(16)26/h4-13H2,1-3H3,(H,21,25). The van der Waals surface area contributed by atoms with Crippen molar-refractivity contribution in [3.63, 3.8) is 0 Å². The van der Waals surface area contributed by atoms with Crippen LogP contribution in [0.3, 0.4) is 0 Å². The van der Waals surface area contributed by atoms with Gasteiger partial charge in [0.25, 0.3) is 11.5 Å². The average molecular weight is 391 g/mol. The molecule has 1 aliphatic rings. The molecule has 0 aromatic carbocycles. The number of nitrogens with zero attached hydrogens (tertiary/aromatic N) is 3. The fourth-order valence-electron chi connectivity index (χ4n) is 3.83. The van der Waals surface area contributed by atoms with Crippen LogP contribution >= 0.6 is 11.3 Å². The number of nitrogens with one attached hydrogen (secondary N) is 1. The molecule has 2 aromatic rings. The first kappa shape index (κ1) is 20.0. The zero-order chi connectivity index (χ0) is 19.4. The summed E-state index contributed by atoms with van der Waals surface area (Å²) in [5, 5.41) is 3.65. The maximum absolute atomic E-state index is 12.9. The van der Waals surface area contributed by atoms with E-state index in [1.807, 2.05) is 6.92 Å². The Morgan fingerprint density at radius 1 is 1.22 bits per heavy atom. The summed E-state index contributed by atoms with van der Waals surface area (Å²) in [7, 11) is 0. The van der Waals surface area contributed by atoms with Gasteiger partial charge in [-0.15, -0.1) is 11.3 Å².